The van der Waals surface area contributed by atoms with E-state index in [1.807, 2.05) is 6.92 Å². The van der Waals surface area contributed by atoms with Gasteiger partial charge < -0.3 is 24.1 Å². The Morgan fingerprint density at radius 1 is 1.11 bits per heavy atom. The predicted octanol–water partition coefficient (Wildman–Crippen LogP) is 4.51. The van der Waals surface area contributed by atoms with Crippen LogP contribution in [0.3, 0.4) is 0 Å². The molecule has 2 aromatic carbocycles. The van der Waals surface area contributed by atoms with Gasteiger partial charge in [0.2, 0.25) is 0 Å². The minimum atomic E-state index is -0.520. The molecule has 0 saturated carbocycles. The molecule has 1 aliphatic heterocycles. The van der Waals surface area contributed by atoms with E-state index in [1.165, 1.54) is 18.2 Å². The fourth-order valence-electron chi connectivity index (χ4n) is 3.71. The van der Waals surface area contributed by atoms with Gasteiger partial charge in [0.15, 0.2) is 5.76 Å². The fourth-order valence-corrected chi connectivity index (χ4v) is 3.71. The van der Waals surface area contributed by atoms with Gasteiger partial charge in [0.25, 0.3) is 11.6 Å². The van der Waals surface area contributed by atoms with Crippen LogP contribution < -0.4 is 10.2 Å². The first-order chi connectivity index (χ1) is 17.0. The Kier molecular flexibility index (Phi) is 7.41. The smallest absolute Gasteiger partial charge is 0.340 e. The van der Waals surface area contributed by atoms with E-state index in [2.05, 4.69) is 10.2 Å². The molecule has 1 saturated heterocycles. The number of nitro groups is 1. The third-order valence-electron chi connectivity index (χ3n) is 5.43. The number of carbonyl (C=O) groups excluding carboxylic acids is 2. The highest BCUT2D eigenvalue weighted by Crippen LogP contribution is 2.28. The number of esters is 1. The van der Waals surface area contributed by atoms with Crippen molar-refractivity contribution in [1.29, 1.82) is 0 Å². The van der Waals surface area contributed by atoms with Gasteiger partial charge in [-0.05, 0) is 36.8 Å². The van der Waals surface area contributed by atoms with Crippen LogP contribution in [0, 0.1) is 10.1 Å². The number of amides is 1. The highest BCUT2D eigenvalue weighted by Gasteiger charge is 2.22. The third kappa shape index (κ3) is 5.67. The van der Waals surface area contributed by atoms with Gasteiger partial charge in [-0.15, -0.1) is 0 Å². The average molecular weight is 479 g/mol. The molecule has 3 aromatic rings. The van der Waals surface area contributed by atoms with Crippen molar-refractivity contribution in [3.8, 4) is 11.3 Å². The van der Waals surface area contributed by atoms with E-state index in [9.17, 15) is 19.7 Å². The molecule has 182 valence electrons. The summed E-state index contributed by atoms with van der Waals surface area (Å²) < 4.78 is 16.4. The molecule has 0 unspecified atom stereocenters. The van der Waals surface area contributed by atoms with Gasteiger partial charge in [0.1, 0.15) is 5.76 Å². The summed E-state index contributed by atoms with van der Waals surface area (Å²) in [5, 5.41) is 13.8. The minimum absolute atomic E-state index is 0.0267. The molecule has 2 heterocycles. The number of rotatable bonds is 8. The molecule has 0 aliphatic carbocycles. The summed E-state index contributed by atoms with van der Waals surface area (Å²) in [6.07, 6.45) is 0.695. The Morgan fingerprint density at radius 3 is 2.66 bits per heavy atom. The lowest BCUT2D eigenvalue weighted by molar-refractivity contribution is -0.384. The predicted molar refractivity (Wildman–Crippen MR) is 129 cm³/mol. The number of ether oxygens (including phenoxy) is 2. The number of nitrogens with one attached hydrogen (secondary N) is 1. The van der Waals surface area contributed by atoms with Crippen molar-refractivity contribution in [2.24, 2.45) is 0 Å². The topological polar surface area (TPSA) is 124 Å². The summed E-state index contributed by atoms with van der Waals surface area (Å²) in [7, 11) is 0. The van der Waals surface area contributed by atoms with Gasteiger partial charge in [-0.1, -0.05) is 19.1 Å². The molecule has 0 bridgehead atoms. The number of benzene rings is 2. The Morgan fingerprint density at radius 2 is 1.91 bits per heavy atom. The highest BCUT2D eigenvalue weighted by atomic mass is 16.6. The molecule has 0 radical (unpaired) electrons. The number of hydrogen-bond acceptors (Lipinski definition) is 8. The average Bonchev–Trinajstić information content (AvgIpc) is 3.38. The van der Waals surface area contributed by atoms with Crippen LogP contribution in [0.1, 0.15) is 34.3 Å². The summed E-state index contributed by atoms with van der Waals surface area (Å²) >= 11 is 0. The van der Waals surface area contributed by atoms with Gasteiger partial charge in [0.05, 0.1) is 36.0 Å². The van der Waals surface area contributed by atoms with Crippen molar-refractivity contribution < 1.29 is 28.4 Å². The highest BCUT2D eigenvalue weighted by molar-refractivity contribution is 6.04. The van der Waals surface area contributed by atoms with E-state index in [1.54, 1.807) is 36.4 Å². The standard InChI is InChI=1S/C25H25N3O7/c1-2-12-34-25(30)20-16-18(6-7-21(20)27-10-13-33-14-11-27)26-24(29)23-9-8-22(35-23)17-4-3-5-19(15-17)28(31)32/h3-9,15-16H,2,10-14H2,1H3,(H,26,29). The molecule has 10 heteroatoms. The first-order valence-electron chi connectivity index (χ1n) is 11.3. The van der Waals surface area contributed by atoms with Crippen LogP contribution in [0.4, 0.5) is 17.1 Å². The van der Waals surface area contributed by atoms with Gasteiger partial charge in [0, 0.05) is 36.5 Å². The zero-order valence-electron chi connectivity index (χ0n) is 19.2. The molecular formula is C25H25N3O7. The van der Waals surface area contributed by atoms with Gasteiger partial charge in [-0.3, -0.25) is 14.9 Å². The largest absolute Gasteiger partial charge is 0.462 e. The first kappa shape index (κ1) is 24.0. The van der Waals surface area contributed by atoms with Gasteiger partial charge in [-0.2, -0.15) is 0 Å². The van der Waals surface area contributed by atoms with Gasteiger partial charge >= 0.3 is 5.97 Å². The lowest BCUT2D eigenvalue weighted by Gasteiger charge is -2.30. The number of carbonyl (C=O) groups is 2. The maximum absolute atomic E-state index is 12.8. The number of hydrogen-bond donors (Lipinski definition) is 1. The quantitative estimate of drug-likeness (QED) is 0.284. The summed E-state index contributed by atoms with van der Waals surface area (Å²) in [6.45, 7) is 4.63. The van der Waals surface area contributed by atoms with E-state index in [-0.39, 0.29) is 11.4 Å². The SMILES string of the molecule is CCCOC(=O)c1cc(NC(=O)c2ccc(-c3cccc([N+](=O)[O-])c3)o2)ccc1N1CCOCC1. The summed E-state index contributed by atoms with van der Waals surface area (Å²) in [4.78, 5) is 38.2. The number of anilines is 2. The fraction of sp³-hybridized carbons (Fsp3) is 0.280. The number of nitrogens with zero attached hydrogens (tertiary/aromatic N) is 2. The van der Waals surface area contributed by atoms with Crippen LogP contribution in [-0.4, -0.2) is 49.7 Å². The molecule has 4 rings (SSSR count). The molecule has 1 aliphatic rings. The second kappa shape index (κ2) is 10.8. The maximum atomic E-state index is 12.8. The number of furan rings is 1. The third-order valence-corrected chi connectivity index (χ3v) is 5.43. The molecule has 1 amide bonds. The second-order valence-electron chi connectivity index (χ2n) is 7.89. The second-order valence-corrected chi connectivity index (χ2v) is 7.89. The Bertz CT molecular complexity index is 1230. The normalized spacial score (nSPS) is 13.3. The van der Waals surface area contributed by atoms with E-state index in [0.29, 0.717) is 61.9 Å². The van der Waals surface area contributed by atoms with Crippen molar-refractivity contribution in [1.82, 2.24) is 0 Å². The lowest BCUT2D eigenvalue weighted by atomic mass is 10.1. The zero-order chi connectivity index (χ0) is 24.8. The zero-order valence-corrected chi connectivity index (χ0v) is 19.2. The van der Waals surface area contributed by atoms with Crippen molar-refractivity contribution in [3.05, 3.63) is 76.0 Å². The lowest BCUT2D eigenvalue weighted by Crippen LogP contribution is -2.37. The van der Waals surface area contributed by atoms with E-state index in [0.717, 1.165) is 5.69 Å². The number of nitro benzene ring substituents is 1. The van der Waals surface area contributed by atoms with Crippen LogP contribution in [-0.2, 0) is 9.47 Å². The van der Waals surface area contributed by atoms with Crippen LogP contribution in [0.15, 0.2) is 59.0 Å². The summed E-state index contributed by atoms with van der Waals surface area (Å²) in [5.74, 6) is -0.631. The molecule has 10 nitrogen and oxygen atoms in total. The first-order valence-corrected chi connectivity index (χ1v) is 11.3. The van der Waals surface area contributed by atoms with E-state index < -0.39 is 16.8 Å². The Balaban J connectivity index is 1.54. The van der Waals surface area contributed by atoms with Crippen molar-refractivity contribution in [2.75, 3.05) is 43.1 Å². The summed E-state index contributed by atoms with van der Waals surface area (Å²) in [5.41, 5.74) is 1.89. The molecule has 1 aromatic heterocycles. The monoisotopic (exact) mass is 479 g/mol. The summed E-state index contributed by atoms with van der Waals surface area (Å²) in [6, 6.07) is 14.1. The van der Waals surface area contributed by atoms with Crippen LogP contribution in [0.5, 0.6) is 0 Å². The minimum Gasteiger partial charge on any atom is -0.462 e. The van der Waals surface area contributed by atoms with Crippen molar-refractivity contribution in [3.63, 3.8) is 0 Å². The van der Waals surface area contributed by atoms with Crippen LogP contribution >= 0.6 is 0 Å². The van der Waals surface area contributed by atoms with Crippen molar-refractivity contribution in [2.45, 2.75) is 13.3 Å². The molecule has 1 fully saturated rings. The molecule has 0 atom stereocenters. The number of morpholine rings is 1. The van der Waals surface area contributed by atoms with Crippen LogP contribution in [0.25, 0.3) is 11.3 Å². The van der Waals surface area contributed by atoms with Gasteiger partial charge in [-0.25, -0.2) is 4.79 Å². The van der Waals surface area contributed by atoms with E-state index in [4.69, 9.17) is 13.9 Å². The molecule has 0 spiro atoms. The number of non-ortho nitro benzene ring substituents is 1. The Hall–Kier alpha value is -4.18. The van der Waals surface area contributed by atoms with E-state index >= 15 is 0 Å². The van der Waals surface area contributed by atoms with Crippen LogP contribution in [0.2, 0.25) is 0 Å². The molecule has 35 heavy (non-hydrogen) atoms. The maximum Gasteiger partial charge on any atom is 0.340 e. The Labute approximate surface area is 201 Å². The molecule has 1 N–H and O–H groups in total. The van der Waals surface area contributed by atoms with Crippen molar-refractivity contribution >= 4 is 28.9 Å². The molecular weight excluding hydrogens is 454 g/mol.